The maximum absolute atomic E-state index is 13.5. The van der Waals surface area contributed by atoms with Crippen molar-refractivity contribution in [3.8, 4) is 5.75 Å². The van der Waals surface area contributed by atoms with Gasteiger partial charge in [0.2, 0.25) is 0 Å². The number of ether oxygens (including phenoxy) is 2. The summed E-state index contributed by atoms with van der Waals surface area (Å²) in [5.41, 5.74) is 0.970. The van der Waals surface area contributed by atoms with E-state index in [9.17, 15) is 13.6 Å². The predicted molar refractivity (Wildman–Crippen MR) is 83.9 cm³/mol. The van der Waals surface area contributed by atoms with E-state index in [-0.39, 0.29) is 23.4 Å². The number of nitrogens with zero attached hydrogens (tertiary/aromatic N) is 1. The number of amides is 1. The average Bonchev–Trinajstić information content (AvgIpc) is 2.62. The number of methoxy groups -OCH3 is 1. The molecule has 1 heterocycles. The maximum Gasteiger partial charge on any atom is 0.257 e. The summed E-state index contributed by atoms with van der Waals surface area (Å²) in [5, 5.41) is 0. The van der Waals surface area contributed by atoms with E-state index in [1.54, 1.807) is 17.0 Å². The van der Waals surface area contributed by atoms with Crippen molar-refractivity contribution in [3.05, 3.63) is 65.2 Å². The van der Waals surface area contributed by atoms with Gasteiger partial charge in [-0.15, -0.1) is 0 Å². The Balaban J connectivity index is 1.80. The molecular weight excluding hydrogens is 316 g/mol. The summed E-state index contributed by atoms with van der Waals surface area (Å²) < 4.78 is 37.4. The molecule has 0 bridgehead atoms. The highest BCUT2D eigenvalue weighted by Gasteiger charge is 2.28. The first-order valence-corrected chi connectivity index (χ1v) is 7.58. The Hall–Kier alpha value is -2.47. The lowest BCUT2D eigenvalue weighted by Gasteiger charge is -2.33. The van der Waals surface area contributed by atoms with Crippen LogP contribution in [0.15, 0.2) is 42.5 Å². The highest BCUT2D eigenvalue weighted by molar-refractivity contribution is 5.97. The van der Waals surface area contributed by atoms with Gasteiger partial charge in [0, 0.05) is 6.54 Å². The molecule has 0 aliphatic carbocycles. The number of carbonyl (C=O) groups excluding carboxylic acids is 1. The number of rotatable bonds is 3. The molecule has 126 valence electrons. The zero-order valence-corrected chi connectivity index (χ0v) is 13.2. The summed E-state index contributed by atoms with van der Waals surface area (Å²) in [4.78, 5) is 14.3. The average molecular weight is 333 g/mol. The Morgan fingerprint density at radius 1 is 1.17 bits per heavy atom. The van der Waals surface area contributed by atoms with Crippen molar-refractivity contribution in [2.75, 3.05) is 26.8 Å². The van der Waals surface area contributed by atoms with Gasteiger partial charge in [-0.1, -0.05) is 12.1 Å². The van der Waals surface area contributed by atoms with Gasteiger partial charge >= 0.3 is 0 Å². The van der Waals surface area contributed by atoms with Crippen LogP contribution in [-0.4, -0.2) is 37.6 Å². The molecule has 2 aromatic rings. The molecule has 4 nitrogen and oxygen atoms in total. The van der Waals surface area contributed by atoms with Crippen LogP contribution < -0.4 is 4.74 Å². The zero-order valence-electron chi connectivity index (χ0n) is 13.2. The largest absolute Gasteiger partial charge is 0.496 e. The number of hydrogen-bond acceptors (Lipinski definition) is 3. The monoisotopic (exact) mass is 333 g/mol. The quantitative estimate of drug-likeness (QED) is 0.866. The number of morpholine rings is 1. The van der Waals surface area contributed by atoms with Crippen LogP contribution in [0.1, 0.15) is 22.0 Å². The third-order valence-electron chi connectivity index (χ3n) is 3.99. The van der Waals surface area contributed by atoms with E-state index in [1.807, 2.05) is 0 Å². The van der Waals surface area contributed by atoms with Gasteiger partial charge in [-0.3, -0.25) is 4.79 Å². The minimum atomic E-state index is -0.498. The first-order chi connectivity index (χ1) is 11.6. The molecule has 0 spiro atoms. The Bertz CT molecular complexity index is 734. The van der Waals surface area contributed by atoms with Crippen LogP contribution >= 0.6 is 0 Å². The van der Waals surface area contributed by atoms with E-state index in [1.165, 1.54) is 37.4 Å². The van der Waals surface area contributed by atoms with Crippen molar-refractivity contribution in [2.24, 2.45) is 0 Å². The summed E-state index contributed by atoms with van der Waals surface area (Å²) in [5.74, 6) is -0.817. The van der Waals surface area contributed by atoms with Gasteiger partial charge in [-0.25, -0.2) is 8.78 Å². The molecule has 1 unspecified atom stereocenters. The fraction of sp³-hybridized carbons (Fsp3) is 0.278. The van der Waals surface area contributed by atoms with Crippen molar-refractivity contribution in [2.45, 2.75) is 6.10 Å². The third kappa shape index (κ3) is 3.38. The van der Waals surface area contributed by atoms with Gasteiger partial charge < -0.3 is 14.4 Å². The molecule has 2 aromatic carbocycles. The number of hydrogen-bond donors (Lipinski definition) is 0. The molecule has 3 rings (SSSR count). The minimum Gasteiger partial charge on any atom is -0.496 e. The molecule has 1 saturated heterocycles. The van der Waals surface area contributed by atoms with Crippen LogP contribution in [0.2, 0.25) is 0 Å². The SMILES string of the molecule is COc1ccc(F)cc1C(=O)N1CCOC(c2ccc(F)cc2)C1. The lowest BCUT2D eigenvalue weighted by Crippen LogP contribution is -2.42. The lowest BCUT2D eigenvalue weighted by molar-refractivity contribution is -0.0229. The summed E-state index contributed by atoms with van der Waals surface area (Å²) in [7, 11) is 1.44. The van der Waals surface area contributed by atoms with Crippen molar-refractivity contribution in [3.63, 3.8) is 0 Å². The van der Waals surface area contributed by atoms with Gasteiger partial charge in [0.05, 0.1) is 25.8 Å². The zero-order chi connectivity index (χ0) is 17.1. The summed E-state index contributed by atoms with van der Waals surface area (Å²) in [6.45, 7) is 1.06. The van der Waals surface area contributed by atoms with Crippen molar-refractivity contribution in [1.29, 1.82) is 0 Å². The van der Waals surface area contributed by atoms with Crippen molar-refractivity contribution in [1.82, 2.24) is 4.90 Å². The summed E-state index contributed by atoms with van der Waals surface area (Å²) >= 11 is 0. The van der Waals surface area contributed by atoms with Crippen LogP contribution in [0.3, 0.4) is 0 Å². The molecule has 1 amide bonds. The number of carbonyl (C=O) groups is 1. The fourth-order valence-corrected chi connectivity index (χ4v) is 2.73. The topological polar surface area (TPSA) is 38.8 Å². The van der Waals surface area contributed by atoms with E-state index in [4.69, 9.17) is 9.47 Å². The second-order valence-corrected chi connectivity index (χ2v) is 5.51. The summed E-state index contributed by atoms with van der Waals surface area (Å²) in [6, 6.07) is 9.83. The molecule has 0 N–H and O–H groups in total. The molecule has 1 aliphatic rings. The summed E-state index contributed by atoms with van der Waals surface area (Å²) in [6.07, 6.45) is -0.345. The van der Waals surface area contributed by atoms with Crippen LogP contribution in [0.5, 0.6) is 5.75 Å². The Morgan fingerprint density at radius 2 is 1.88 bits per heavy atom. The van der Waals surface area contributed by atoms with Gasteiger partial charge in [-0.05, 0) is 35.9 Å². The lowest BCUT2D eigenvalue weighted by atomic mass is 10.1. The maximum atomic E-state index is 13.5. The highest BCUT2D eigenvalue weighted by Crippen LogP contribution is 2.26. The second-order valence-electron chi connectivity index (χ2n) is 5.51. The Labute approximate surface area is 138 Å². The van der Waals surface area contributed by atoms with Gasteiger partial charge in [0.15, 0.2) is 0 Å². The molecule has 1 atom stereocenters. The second kappa shape index (κ2) is 6.97. The van der Waals surface area contributed by atoms with Crippen LogP contribution in [0.25, 0.3) is 0 Å². The van der Waals surface area contributed by atoms with Gasteiger partial charge in [0.1, 0.15) is 23.5 Å². The van der Waals surface area contributed by atoms with Crippen LogP contribution in [0, 0.1) is 11.6 Å². The number of benzene rings is 2. The first kappa shape index (κ1) is 16.4. The molecule has 1 fully saturated rings. The standard InChI is InChI=1S/C18H17F2NO3/c1-23-16-7-6-14(20)10-15(16)18(22)21-8-9-24-17(11-21)12-2-4-13(19)5-3-12/h2-7,10,17H,8-9,11H2,1H3. The molecule has 0 aromatic heterocycles. The van der Waals surface area contributed by atoms with Crippen molar-refractivity contribution >= 4 is 5.91 Å². The third-order valence-corrected chi connectivity index (χ3v) is 3.99. The van der Waals surface area contributed by atoms with E-state index >= 15 is 0 Å². The van der Waals surface area contributed by atoms with E-state index in [0.29, 0.717) is 25.4 Å². The molecule has 24 heavy (non-hydrogen) atoms. The van der Waals surface area contributed by atoms with Gasteiger partial charge in [0.25, 0.3) is 5.91 Å². The molecule has 0 radical (unpaired) electrons. The molecular formula is C18H17F2NO3. The predicted octanol–water partition coefficient (Wildman–Crippen LogP) is 3.19. The van der Waals surface area contributed by atoms with E-state index in [2.05, 4.69) is 0 Å². The molecule has 0 saturated carbocycles. The first-order valence-electron chi connectivity index (χ1n) is 7.58. The van der Waals surface area contributed by atoms with E-state index in [0.717, 1.165) is 5.56 Å². The minimum absolute atomic E-state index is 0.178. The van der Waals surface area contributed by atoms with Crippen molar-refractivity contribution < 1.29 is 23.0 Å². The van der Waals surface area contributed by atoms with Crippen LogP contribution in [0.4, 0.5) is 8.78 Å². The fourth-order valence-electron chi connectivity index (χ4n) is 2.73. The molecule has 6 heteroatoms. The normalized spacial score (nSPS) is 17.6. The van der Waals surface area contributed by atoms with E-state index < -0.39 is 5.82 Å². The Kier molecular flexibility index (Phi) is 4.76. The van der Waals surface area contributed by atoms with Gasteiger partial charge in [-0.2, -0.15) is 0 Å². The number of halogens is 2. The molecule has 1 aliphatic heterocycles. The highest BCUT2D eigenvalue weighted by atomic mass is 19.1. The van der Waals surface area contributed by atoms with Crippen LogP contribution in [-0.2, 0) is 4.74 Å². The Morgan fingerprint density at radius 3 is 2.58 bits per heavy atom. The smallest absolute Gasteiger partial charge is 0.257 e.